The lowest BCUT2D eigenvalue weighted by molar-refractivity contribution is -0.138. The van der Waals surface area contributed by atoms with E-state index < -0.39 is 6.04 Å². The predicted octanol–water partition coefficient (Wildman–Crippen LogP) is 5.13. The molecule has 0 aliphatic rings. The van der Waals surface area contributed by atoms with Crippen LogP contribution >= 0.6 is 23.4 Å². The molecule has 30 heavy (non-hydrogen) atoms. The molecule has 0 aromatic heterocycles. The van der Waals surface area contributed by atoms with Crippen molar-refractivity contribution in [3.8, 4) is 0 Å². The lowest BCUT2D eigenvalue weighted by atomic mass is 10.1. The number of thioether (sulfide) groups is 1. The molecule has 2 aromatic carbocycles. The molecule has 0 spiro atoms. The van der Waals surface area contributed by atoms with Crippen LogP contribution in [0.15, 0.2) is 42.5 Å². The van der Waals surface area contributed by atoms with Gasteiger partial charge in [-0.25, -0.2) is 0 Å². The molecule has 162 valence electrons. The molecule has 0 aliphatic carbocycles. The van der Waals surface area contributed by atoms with E-state index in [2.05, 4.69) is 37.4 Å². The van der Waals surface area contributed by atoms with Gasteiger partial charge in [0.15, 0.2) is 0 Å². The first-order valence-electron chi connectivity index (χ1n) is 10.1. The molecule has 4 nitrogen and oxygen atoms in total. The highest BCUT2D eigenvalue weighted by molar-refractivity contribution is 7.99. The number of aryl methyl sites for hydroxylation is 2. The summed E-state index contributed by atoms with van der Waals surface area (Å²) in [5, 5.41) is 3.55. The summed E-state index contributed by atoms with van der Waals surface area (Å²) < 4.78 is 0. The molecule has 0 heterocycles. The second kappa shape index (κ2) is 11.4. The van der Waals surface area contributed by atoms with Crippen molar-refractivity contribution in [2.24, 2.45) is 0 Å². The molecule has 2 amide bonds. The van der Waals surface area contributed by atoms with Gasteiger partial charge in [-0.2, -0.15) is 0 Å². The third-order valence-corrected chi connectivity index (χ3v) is 5.88. The lowest BCUT2D eigenvalue weighted by Gasteiger charge is -2.29. The van der Waals surface area contributed by atoms with Crippen molar-refractivity contribution in [3.63, 3.8) is 0 Å². The summed E-state index contributed by atoms with van der Waals surface area (Å²) in [6.07, 6.45) is 0. The highest BCUT2D eigenvalue weighted by Gasteiger charge is 2.26. The first-order chi connectivity index (χ1) is 14.2. The van der Waals surface area contributed by atoms with Gasteiger partial charge < -0.3 is 10.2 Å². The SMILES string of the molecule is Cc1cc(C)cc(CSCC(=O)N(Cc2ccc(Cl)cc2)[C@@H](C)C(=O)NC(C)C)c1. The molecule has 1 N–H and O–H groups in total. The first-order valence-corrected chi connectivity index (χ1v) is 11.7. The fourth-order valence-corrected chi connectivity index (χ4v) is 4.24. The molecule has 0 aliphatic heterocycles. The molecule has 6 heteroatoms. The highest BCUT2D eigenvalue weighted by Crippen LogP contribution is 2.19. The molecule has 0 fully saturated rings. The van der Waals surface area contributed by atoms with E-state index in [1.54, 1.807) is 35.7 Å². The summed E-state index contributed by atoms with van der Waals surface area (Å²) in [6, 6.07) is 13.3. The zero-order chi connectivity index (χ0) is 22.3. The molecular formula is C24H31ClN2O2S. The number of amides is 2. The third kappa shape index (κ3) is 7.69. The topological polar surface area (TPSA) is 49.4 Å². The second-order valence-corrected chi connectivity index (χ2v) is 9.40. The Morgan fingerprint density at radius 2 is 1.60 bits per heavy atom. The molecule has 1 atom stereocenters. The van der Waals surface area contributed by atoms with Crippen LogP contribution in [0.25, 0.3) is 0 Å². The van der Waals surface area contributed by atoms with Gasteiger partial charge in [-0.3, -0.25) is 9.59 Å². The van der Waals surface area contributed by atoms with Crippen LogP contribution in [0.1, 0.15) is 43.0 Å². The van der Waals surface area contributed by atoms with Crippen molar-refractivity contribution in [3.05, 3.63) is 69.7 Å². The average Bonchev–Trinajstić information content (AvgIpc) is 2.65. The average molecular weight is 447 g/mol. The van der Waals surface area contributed by atoms with Crippen molar-refractivity contribution in [1.82, 2.24) is 10.2 Å². The first kappa shape index (κ1) is 24.3. The van der Waals surface area contributed by atoms with Crippen LogP contribution in [-0.2, 0) is 21.9 Å². The molecule has 2 rings (SSSR count). The number of carbonyl (C=O) groups excluding carboxylic acids is 2. The fourth-order valence-electron chi connectivity index (χ4n) is 3.27. The molecule has 0 saturated carbocycles. The molecule has 0 bridgehead atoms. The normalized spacial score (nSPS) is 12.0. The Hall–Kier alpha value is -1.98. The van der Waals surface area contributed by atoms with Crippen molar-refractivity contribution in [2.75, 3.05) is 5.75 Å². The quantitative estimate of drug-likeness (QED) is 0.580. The number of nitrogens with zero attached hydrogens (tertiary/aromatic N) is 1. The van der Waals surface area contributed by atoms with Gasteiger partial charge in [0.05, 0.1) is 5.75 Å². The number of rotatable bonds is 9. The molecule has 0 radical (unpaired) electrons. The zero-order valence-corrected chi connectivity index (χ0v) is 19.9. The van der Waals surface area contributed by atoms with E-state index in [-0.39, 0.29) is 17.9 Å². The largest absolute Gasteiger partial charge is 0.352 e. The van der Waals surface area contributed by atoms with Gasteiger partial charge in [-0.05, 0) is 57.9 Å². The minimum Gasteiger partial charge on any atom is -0.352 e. The molecular weight excluding hydrogens is 416 g/mol. The van der Waals surface area contributed by atoms with Gasteiger partial charge in [0.2, 0.25) is 11.8 Å². The Morgan fingerprint density at radius 3 is 2.17 bits per heavy atom. The summed E-state index contributed by atoms with van der Waals surface area (Å²) in [6.45, 7) is 10.1. The Morgan fingerprint density at radius 1 is 1.00 bits per heavy atom. The Bertz CT molecular complexity index is 848. The number of halogens is 1. The molecule has 0 saturated heterocycles. The summed E-state index contributed by atoms with van der Waals surface area (Å²) in [4.78, 5) is 27.3. The lowest BCUT2D eigenvalue weighted by Crippen LogP contribution is -2.49. The summed E-state index contributed by atoms with van der Waals surface area (Å²) in [5.41, 5.74) is 4.59. The molecule has 2 aromatic rings. The minimum absolute atomic E-state index is 0.0198. The standard InChI is InChI=1S/C24H31ClN2O2S/c1-16(2)26-24(29)19(5)27(13-20-6-8-22(25)9-7-20)23(28)15-30-14-21-11-17(3)10-18(4)12-21/h6-12,16,19H,13-15H2,1-5H3,(H,26,29)/t19-/m0/s1. The van der Waals surface area contributed by atoms with Gasteiger partial charge in [0.25, 0.3) is 0 Å². The van der Waals surface area contributed by atoms with E-state index in [4.69, 9.17) is 11.6 Å². The number of hydrogen-bond donors (Lipinski definition) is 1. The van der Waals surface area contributed by atoms with Crippen LogP contribution in [0.4, 0.5) is 0 Å². The monoisotopic (exact) mass is 446 g/mol. The van der Waals surface area contributed by atoms with E-state index in [1.807, 2.05) is 26.0 Å². The van der Waals surface area contributed by atoms with E-state index in [1.165, 1.54) is 16.7 Å². The Labute approximate surface area is 189 Å². The van der Waals surface area contributed by atoms with Crippen LogP contribution in [0.5, 0.6) is 0 Å². The number of nitrogens with one attached hydrogen (secondary N) is 1. The second-order valence-electron chi connectivity index (χ2n) is 7.98. The van der Waals surface area contributed by atoms with Crippen molar-refractivity contribution < 1.29 is 9.59 Å². The summed E-state index contributed by atoms with van der Waals surface area (Å²) in [7, 11) is 0. The maximum atomic E-state index is 13.1. The van der Waals surface area contributed by atoms with Gasteiger partial charge in [-0.1, -0.05) is 53.1 Å². The fraction of sp³-hybridized carbons (Fsp3) is 0.417. The maximum absolute atomic E-state index is 13.1. The minimum atomic E-state index is -0.558. The van der Waals surface area contributed by atoms with Crippen molar-refractivity contribution in [1.29, 1.82) is 0 Å². The van der Waals surface area contributed by atoms with Crippen LogP contribution in [0.2, 0.25) is 5.02 Å². The summed E-state index contributed by atoms with van der Waals surface area (Å²) in [5.74, 6) is 0.882. The van der Waals surface area contributed by atoms with E-state index in [0.29, 0.717) is 17.3 Å². The van der Waals surface area contributed by atoms with Gasteiger partial charge in [-0.15, -0.1) is 11.8 Å². The van der Waals surface area contributed by atoms with E-state index in [0.717, 1.165) is 11.3 Å². The Balaban J connectivity index is 2.08. The van der Waals surface area contributed by atoms with E-state index >= 15 is 0 Å². The molecule has 0 unspecified atom stereocenters. The van der Waals surface area contributed by atoms with Crippen LogP contribution in [-0.4, -0.2) is 34.6 Å². The highest BCUT2D eigenvalue weighted by atomic mass is 35.5. The van der Waals surface area contributed by atoms with Crippen LogP contribution in [0, 0.1) is 13.8 Å². The van der Waals surface area contributed by atoms with Crippen molar-refractivity contribution in [2.45, 2.75) is 59.0 Å². The zero-order valence-electron chi connectivity index (χ0n) is 18.4. The smallest absolute Gasteiger partial charge is 0.242 e. The van der Waals surface area contributed by atoms with Gasteiger partial charge in [0.1, 0.15) is 6.04 Å². The van der Waals surface area contributed by atoms with Crippen LogP contribution < -0.4 is 5.32 Å². The van der Waals surface area contributed by atoms with Crippen molar-refractivity contribution >= 4 is 35.2 Å². The maximum Gasteiger partial charge on any atom is 0.242 e. The number of hydrogen-bond acceptors (Lipinski definition) is 3. The van der Waals surface area contributed by atoms with Gasteiger partial charge >= 0.3 is 0 Å². The van der Waals surface area contributed by atoms with Crippen LogP contribution in [0.3, 0.4) is 0 Å². The Kier molecular flexibility index (Phi) is 9.25. The van der Waals surface area contributed by atoms with E-state index in [9.17, 15) is 9.59 Å². The third-order valence-electron chi connectivity index (χ3n) is 4.64. The predicted molar refractivity (Wildman–Crippen MR) is 127 cm³/mol. The number of carbonyl (C=O) groups is 2. The summed E-state index contributed by atoms with van der Waals surface area (Å²) >= 11 is 7.55. The van der Waals surface area contributed by atoms with Gasteiger partial charge in [0, 0.05) is 23.4 Å². The number of benzene rings is 2.